The molecule has 1 N–H and O–H groups in total. The Kier molecular flexibility index (Phi) is 4.54. The number of carbonyl (C=O) groups excluding carboxylic acids is 1. The lowest BCUT2D eigenvalue weighted by atomic mass is 10.1. The van der Waals surface area contributed by atoms with Crippen molar-refractivity contribution < 1.29 is 19.4 Å². The van der Waals surface area contributed by atoms with E-state index in [1.54, 1.807) is 36.4 Å². The number of ether oxygens (including phenoxy) is 2. The molecule has 5 nitrogen and oxygen atoms in total. The first kappa shape index (κ1) is 14.6. The highest BCUT2D eigenvalue weighted by atomic mass is 16.5. The number of nitrogens with zero attached hydrogens (tertiary/aromatic N) is 1. The molecule has 2 rings (SSSR count). The molecule has 0 spiro atoms. The van der Waals surface area contributed by atoms with E-state index in [1.165, 1.54) is 13.2 Å². The smallest absolute Gasteiger partial charge is 0.347 e. The zero-order valence-corrected chi connectivity index (χ0v) is 11.4. The van der Waals surface area contributed by atoms with Crippen LogP contribution >= 0.6 is 0 Å². The van der Waals surface area contributed by atoms with Gasteiger partial charge in [0, 0.05) is 0 Å². The molecule has 106 valence electrons. The van der Waals surface area contributed by atoms with E-state index in [0.29, 0.717) is 22.6 Å². The largest absolute Gasteiger partial charge is 0.496 e. The molecule has 21 heavy (non-hydrogen) atoms. The average molecular weight is 283 g/mol. The van der Waals surface area contributed by atoms with E-state index >= 15 is 0 Å². The Hall–Kier alpha value is -2.84. The van der Waals surface area contributed by atoms with Gasteiger partial charge in [-0.2, -0.15) is 5.26 Å². The summed E-state index contributed by atoms with van der Waals surface area (Å²) < 4.78 is 10.3. The first-order valence-corrected chi connectivity index (χ1v) is 6.18. The lowest BCUT2D eigenvalue weighted by Crippen LogP contribution is -2.10. The molecule has 0 amide bonds. The first-order chi connectivity index (χ1) is 10.2. The molecule has 2 aromatic carbocycles. The van der Waals surface area contributed by atoms with Crippen molar-refractivity contribution in [1.29, 1.82) is 5.26 Å². The Morgan fingerprint density at radius 1 is 1.24 bits per heavy atom. The molecule has 0 atom stereocenters. The maximum absolute atomic E-state index is 12.2. The zero-order valence-electron chi connectivity index (χ0n) is 11.4. The fraction of sp³-hybridized carbons (Fsp3) is 0.125. The van der Waals surface area contributed by atoms with Crippen molar-refractivity contribution in [2.75, 3.05) is 7.11 Å². The second kappa shape index (κ2) is 6.55. The first-order valence-electron chi connectivity index (χ1n) is 6.18. The third kappa shape index (κ3) is 3.38. The Balaban J connectivity index is 2.24. The van der Waals surface area contributed by atoms with Crippen LogP contribution in [0.2, 0.25) is 0 Å². The highest BCUT2D eigenvalue weighted by Crippen LogP contribution is 2.22. The van der Waals surface area contributed by atoms with Crippen LogP contribution in [0.4, 0.5) is 0 Å². The molecule has 5 heteroatoms. The summed E-state index contributed by atoms with van der Waals surface area (Å²) in [4.78, 5) is 12.2. The summed E-state index contributed by atoms with van der Waals surface area (Å²) in [6.45, 7) is -0.179. The Morgan fingerprint density at radius 2 is 1.95 bits per heavy atom. The van der Waals surface area contributed by atoms with E-state index in [1.807, 2.05) is 6.07 Å². The molecule has 0 aliphatic heterocycles. The van der Waals surface area contributed by atoms with Gasteiger partial charge >= 0.3 is 5.97 Å². The summed E-state index contributed by atoms with van der Waals surface area (Å²) in [6, 6.07) is 13.0. The van der Waals surface area contributed by atoms with Gasteiger partial charge in [0.15, 0.2) is 0 Å². The number of esters is 1. The fourth-order valence-corrected chi connectivity index (χ4v) is 1.77. The van der Waals surface area contributed by atoms with Crippen LogP contribution in [0, 0.1) is 11.3 Å². The van der Waals surface area contributed by atoms with Crippen LogP contribution < -0.4 is 9.47 Å². The molecule has 0 radical (unpaired) electrons. The molecular weight excluding hydrogens is 270 g/mol. The van der Waals surface area contributed by atoms with E-state index in [0.717, 1.165) is 0 Å². The number of nitriles is 1. The van der Waals surface area contributed by atoms with E-state index in [2.05, 4.69) is 0 Å². The summed E-state index contributed by atoms with van der Waals surface area (Å²) >= 11 is 0. The van der Waals surface area contributed by atoms with Gasteiger partial charge in [0.2, 0.25) is 0 Å². The molecule has 0 fully saturated rings. The van der Waals surface area contributed by atoms with E-state index in [-0.39, 0.29) is 12.2 Å². The maximum atomic E-state index is 12.2. The highest BCUT2D eigenvalue weighted by molar-refractivity contribution is 5.94. The van der Waals surface area contributed by atoms with Crippen LogP contribution in [0.1, 0.15) is 21.5 Å². The number of rotatable bonds is 4. The van der Waals surface area contributed by atoms with Gasteiger partial charge in [-0.3, -0.25) is 0 Å². The maximum Gasteiger partial charge on any atom is 0.347 e. The molecule has 2 aromatic rings. The minimum atomic E-state index is -0.591. The molecule has 0 heterocycles. The van der Waals surface area contributed by atoms with E-state index < -0.39 is 5.97 Å². The number of benzene rings is 2. The third-order valence-electron chi connectivity index (χ3n) is 2.86. The second-order valence-corrected chi connectivity index (χ2v) is 4.22. The van der Waals surface area contributed by atoms with Gasteiger partial charge in [-0.1, -0.05) is 6.07 Å². The van der Waals surface area contributed by atoms with Crippen molar-refractivity contribution in [1.82, 2.24) is 0 Å². The van der Waals surface area contributed by atoms with E-state index in [4.69, 9.17) is 19.8 Å². The summed E-state index contributed by atoms with van der Waals surface area (Å²) in [5.41, 5.74) is 1.30. The molecule has 0 bridgehead atoms. The van der Waals surface area contributed by atoms with Crippen molar-refractivity contribution in [3.8, 4) is 17.6 Å². The quantitative estimate of drug-likeness (QED) is 0.688. The van der Waals surface area contributed by atoms with Crippen LogP contribution in [-0.4, -0.2) is 18.2 Å². The lowest BCUT2D eigenvalue weighted by Gasteiger charge is -2.10. The van der Waals surface area contributed by atoms with Gasteiger partial charge in [-0.05, 0) is 42.0 Å². The second-order valence-electron chi connectivity index (χ2n) is 4.22. The number of methoxy groups -OCH3 is 1. The monoisotopic (exact) mass is 283 g/mol. The van der Waals surface area contributed by atoms with Crippen LogP contribution in [0.15, 0.2) is 42.5 Å². The van der Waals surface area contributed by atoms with Crippen LogP contribution in [0.25, 0.3) is 0 Å². The summed E-state index contributed by atoms with van der Waals surface area (Å²) in [6.07, 6.45) is 0. The number of carbonyl (C=O) groups is 1. The topological polar surface area (TPSA) is 79.6 Å². The van der Waals surface area contributed by atoms with Crippen LogP contribution in [0.5, 0.6) is 11.5 Å². The number of aliphatic hydroxyl groups is 1. The van der Waals surface area contributed by atoms with Crippen molar-refractivity contribution in [2.24, 2.45) is 0 Å². The normalized spacial score (nSPS) is 9.76. The van der Waals surface area contributed by atoms with Gasteiger partial charge < -0.3 is 14.6 Å². The molecule has 0 aliphatic carbocycles. The predicted molar refractivity (Wildman–Crippen MR) is 75.0 cm³/mol. The number of hydrogen-bond acceptors (Lipinski definition) is 5. The molecule has 0 aromatic heterocycles. The van der Waals surface area contributed by atoms with Crippen molar-refractivity contribution in [3.63, 3.8) is 0 Å². The molecular formula is C16H13NO4. The summed E-state index contributed by atoms with van der Waals surface area (Å²) in [5, 5.41) is 17.8. The SMILES string of the molecule is COc1ccc(CO)cc1C(=O)Oc1ccc(C#N)cc1. The van der Waals surface area contributed by atoms with Crippen LogP contribution in [0.3, 0.4) is 0 Å². The van der Waals surface area contributed by atoms with Crippen molar-refractivity contribution in [3.05, 3.63) is 59.2 Å². The fourth-order valence-electron chi connectivity index (χ4n) is 1.77. The Labute approximate surface area is 122 Å². The van der Waals surface area contributed by atoms with Gasteiger partial charge in [0.1, 0.15) is 17.1 Å². The Morgan fingerprint density at radius 3 is 2.52 bits per heavy atom. The number of aliphatic hydroxyl groups excluding tert-OH is 1. The van der Waals surface area contributed by atoms with Crippen LogP contribution in [-0.2, 0) is 6.61 Å². The summed E-state index contributed by atoms with van der Waals surface area (Å²) in [5.74, 6) is 0.105. The average Bonchev–Trinajstić information content (AvgIpc) is 2.54. The van der Waals surface area contributed by atoms with E-state index in [9.17, 15) is 4.79 Å². The zero-order chi connectivity index (χ0) is 15.2. The number of hydrogen-bond donors (Lipinski definition) is 1. The van der Waals surface area contributed by atoms with Crippen molar-refractivity contribution in [2.45, 2.75) is 6.61 Å². The predicted octanol–water partition coefficient (Wildman–Crippen LogP) is 2.28. The van der Waals surface area contributed by atoms with Crippen molar-refractivity contribution >= 4 is 5.97 Å². The lowest BCUT2D eigenvalue weighted by molar-refractivity contribution is 0.0731. The minimum Gasteiger partial charge on any atom is -0.496 e. The molecule has 0 aliphatic rings. The molecule has 0 saturated carbocycles. The third-order valence-corrected chi connectivity index (χ3v) is 2.86. The van der Waals surface area contributed by atoms with Gasteiger partial charge in [0.05, 0.1) is 25.3 Å². The minimum absolute atomic E-state index is 0.179. The van der Waals surface area contributed by atoms with Gasteiger partial charge in [-0.25, -0.2) is 4.79 Å². The Bertz CT molecular complexity index is 686. The molecule has 0 saturated heterocycles. The van der Waals surface area contributed by atoms with Gasteiger partial charge in [-0.15, -0.1) is 0 Å². The summed E-state index contributed by atoms with van der Waals surface area (Å²) in [7, 11) is 1.45. The standard InChI is InChI=1S/C16H13NO4/c1-20-15-7-4-12(10-18)8-14(15)16(19)21-13-5-2-11(9-17)3-6-13/h2-8,18H,10H2,1H3. The highest BCUT2D eigenvalue weighted by Gasteiger charge is 2.15. The van der Waals surface area contributed by atoms with Gasteiger partial charge in [0.25, 0.3) is 0 Å². The molecule has 0 unspecified atom stereocenters.